The first kappa shape index (κ1) is 11.5. The summed E-state index contributed by atoms with van der Waals surface area (Å²) < 4.78 is 5.80. The number of para-hydroxylation sites is 1. The lowest BCUT2D eigenvalue weighted by Crippen LogP contribution is -2.07. The van der Waals surface area contributed by atoms with Gasteiger partial charge in [-0.2, -0.15) is 0 Å². The first-order chi connectivity index (χ1) is 9.34. The molecule has 0 unspecified atom stereocenters. The third-order valence-corrected chi connectivity index (χ3v) is 2.99. The van der Waals surface area contributed by atoms with E-state index in [2.05, 4.69) is 4.98 Å². The third kappa shape index (κ3) is 2.36. The molecule has 0 N–H and O–H groups in total. The van der Waals surface area contributed by atoms with Crippen molar-refractivity contribution in [2.24, 2.45) is 0 Å². The Morgan fingerprint density at radius 1 is 0.895 bits per heavy atom. The standard InChI is InChI=1S/C16H14N2O/c1-18(14-10-6-3-7-11-14)15-12-17-16(19-15)13-8-4-2-5-9-13/h2-12H,1H3. The molecule has 1 aromatic heterocycles. The van der Waals surface area contributed by atoms with Crippen LogP contribution in [0.2, 0.25) is 0 Å². The van der Waals surface area contributed by atoms with Crippen LogP contribution in [0.1, 0.15) is 0 Å². The fourth-order valence-electron chi connectivity index (χ4n) is 1.91. The maximum Gasteiger partial charge on any atom is 0.228 e. The van der Waals surface area contributed by atoms with Gasteiger partial charge in [0.15, 0.2) is 0 Å². The quantitative estimate of drug-likeness (QED) is 0.700. The largest absolute Gasteiger partial charge is 0.420 e. The van der Waals surface area contributed by atoms with Gasteiger partial charge in [-0.25, -0.2) is 4.98 Å². The van der Waals surface area contributed by atoms with Crippen LogP contribution in [-0.2, 0) is 0 Å². The minimum atomic E-state index is 0.637. The van der Waals surface area contributed by atoms with E-state index in [0.717, 1.165) is 17.1 Å². The lowest BCUT2D eigenvalue weighted by molar-refractivity contribution is 0.576. The van der Waals surface area contributed by atoms with Gasteiger partial charge in [0.2, 0.25) is 11.8 Å². The van der Waals surface area contributed by atoms with Gasteiger partial charge in [-0.15, -0.1) is 0 Å². The zero-order chi connectivity index (χ0) is 13.1. The zero-order valence-corrected chi connectivity index (χ0v) is 10.7. The lowest BCUT2D eigenvalue weighted by atomic mass is 10.2. The molecule has 0 spiro atoms. The number of anilines is 2. The number of benzene rings is 2. The van der Waals surface area contributed by atoms with Gasteiger partial charge in [-0.3, -0.25) is 0 Å². The van der Waals surface area contributed by atoms with Gasteiger partial charge in [-0.1, -0.05) is 36.4 Å². The minimum Gasteiger partial charge on any atom is -0.420 e. The molecule has 0 atom stereocenters. The van der Waals surface area contributed by atoms with E-state index < -0.39 is 0 Å². The zero-order valence-electron chi connectivity index (χ0n) is 10.7. The van der Waals surface area contributed by atoms with Crippen LogP contribution in [0.5, 0.6) is 0 Å². The van der Waals surface area contributed by atoms with Crippen molar-refractivity contribution < 1.29 is 4.42 Å². The van der Waals surface area contributed by atoms with Crippen molar-refractivity contribution in [3.63, 3.8) is 0 Å². The Morgan fingerprint density at radius 2 is 1.53 bits per heavy atom. The van der Waals surface area contributed by atoms with Crippen molar-refractivity contribution in [1.29, 1.82) is 0 Å². The molecule has 0 aliphatic carbocycles. The average molecular weight is 250 g/mol. The number of oxazole rings is 1. The van der Waals surface area contributed by atoms with Crippen LogP contribution in [-0.4, -0.2) is 12.0 Å². The van der Waals surface area contributed by atoms with E-state index in [9.17, 15) is 0 Å². The third-order valence-electron chi connectivity index (χ3n) is 2.99. The van der Waals surface area contributed by atoms with Crippen LogP contribution in [0.4, 0.5) is 11.6 Å². The molecule has 2 aromatic carbocycles. The van der Waals surface area contributed by atoms with Crippen LogP contribution < -0.4 is 4.90 Å². The summed E-state index contributed by atoms with van der Waals surface area (Å²) in [6.45, 7) is 0. The average Bonchev–Trinajstić information content (AvgIpc) is 2.98. The second kappa shape index (κ2) is 4.98. The molecule has 0 amide bonds. The van der Waals surface area contributed by atoms with Crippen molar-refractivity contribution in [2.45, 2.75) is 0 Å². The molecule has 3 aromatic rings. The second-order valence-electron chi connectivity index (χ2n) is 4.26. The molecule has 0 saturated carbocycles. The highest BCUT2D eigenvalue weighted by atomic mass is 16.4. The highest BCUT2D eigenvalue weighted by Gasteiger charge is 2.10. The number of rotatable bonds is 3. The highest BCUT2D eigenvalue weighted by Crippen LogP contribution is 2.27. The number of aromatic nitrogens is 1. The fraction of sp³-hybridized carbons (Fsp3) is 0.0625. The second-order valence-corrected chi connectivity index (χ2v) is 4.26. The topological polar surface area (TPSA) is 29.3 Å². The summed E-state index contributed by atoms with van der Waals surface area (Å²) in [5.41, 5.74) is 2.05. The highest BCUT2D eigenvalue weighted by molar-refractivity contribution is 5.60. The van der Waals surface area contributed by atoms with Crippen LogP contribution in [0.15, 0.2) is 71.3 Å². The van der Waals surface area contributed by atoms with E-state index in [-0.39, 0.29) is 0 Å². The Labute approximate surface area is 112 Å². The summed E-state index contributed by atoms with van der Waals surface area (Å²) in [6.07, 6.45) is 1.75. The van der Waals surface area contributed by atoms with Crippen molar-refractivity contribution in [2.75, 3.05) is 11.9 Å². The van der Waals surface area contributed by atoms with Gasteiger partial charge in [0, 0.05) is 18.3 Å². The maximum atomic E-state index is 5.80. The molecule has 3 rings (SSSR count). The van der Waals surface area contributed by atoms with E-state index in [4.69, 9.17) is 4.42 Å². The Morgan fingerprint density at radius 3 is 2.21 bits per heavy atom. The van der Waals surface area contributed by atoms with E-state index in [1.165, 1.54) is 0 Å². The van der Waals surface area contributed by atoms with Crippen LogP contribution in [0.3, 0.4) is 0 Å². The first-order valence-electron chi connectivity index (χ1n) is 6.14. The van der Waals surface area contributed by atoms with Gasteiger partial charge in [0.05, 0.1) is 6.20 Å². The van der Waals surface area contributed by atoms with Crippen LogP contribution in [0.25, 0.3) is 11.5 Å². The smallest absolute Gasteiger partial charge is 0.228 e. The first-order valence-corrected chi connectivity index (χ1v) is 6.14. The van der Waals surface area contributed by atoms with Crippen molar-refractivity contribution in [1.82, 2.24) is 4.98 Å². The molecule has 0 saturated heterocycles. The van der Waals surface area contributed by atoms with E-state index >= 15 is 0 Å². The predicted molar refractivity (Wildman–Crippen MR) is 76.4 cm³/mol. The Hall–Kier alpha value is -2.55. The number of nitrogens with zero attached hydrogens (tertiary/aromatic N) is 2. The van der Waals surface area contributed by atoms with Gasteiger partial charge in [0.25, 0.3) is 0 Å². The normalized spacial score (nSPS) is 10.4. The van der Waals surface area contributed by atoms with Crippen molar-refractivity contribution in [3.05, 3.63) is 66.9 Å². The lowest BCUT2D eigenvalue weighted by Gasteiger charge is -2.14. The van der Waals surface area contributed by atoms with E-state index in [1.54, 1.807) is 6.20 Å². The Kier molecular flexibility index (Phi) is 3.02. The molecule has 1 heterocycles. The van der Waals surface area contributed by atoms with Crippen molar-refractivity contribution in [3.8, 4) is 11.5 Å². The molecule has 94 valence electrons. The maximum absolute atomic E-state index is 5.80. The van der Waals surface area contributed by atoms with Crippen molar-refractivity contribution >= 4 is 11.6 Å². The molecule has 0 radical (unpaired) electrons. The summed E-state index contributed by atoms with van der Waals surface area (Å²) in [5, 5.41) is 0. The van der Waals surface area contributed by atoms with Gasteiger partial charge in [0.1, 0.15) is 0 Å². The number of hydrogen-bond acceptors (Lipinski definition) is 3. The molecule has 0 aliphatic rings. The van der Waals surface area contributed by atoms with E-state index in [0.29, 0.717) is 5.89 Å². The Balaban J connectivity index is 1.90. The molecule has 19 heavy (non-hydrogen) atoms. The summed E-state index contributed by atoms with van der Waals surface area (Å²) in [4.78, 5) is 6.30. The van der Waals surface area contributed by atoms with Gasteiger partial charge >= 0.3 is 0 Å². The summed E-state index contributed by atoms with van der Waals surface area (Å²) >= 11 is 0. The number of hydrogen-bond donors (Lipinski definition) is 0. The van der Waals surface area contributed by atoms with Gasteiger partial charge < -0.3 is 9.32 Å². The molecule has 0 fully saturated rings. The summed E-state index contributed by atoms with van der Waals surface area (Å²) in [5.74, 6) is 1.36. The fourth-order valence-corrected chi connectivity index (χ4v) is 1.91. The molecular weight excluding hydrogens is 236 g/mol. The van der Waals surface area contributed by atoms with Crippen LogP contribution in [0, 0.1) is 0 Å². The van der Waals surface area contributed by atoms with Gasteiger partial charge in [-0.05, 0) is 24.3 Å². The molecular formula is C16H14N2O. The van der Waals surface area contributed by atoms with Crippen LogP contribution >= 0.6 is 0 Å². The molecule has 3 heteroatoms. The predicted octanol–water partition coefficient (Wildman–Crippen LogP) is 4.11. The summed E-state index contributed by atoms with van der Waals surface area (Å²) in [7, 11) is 1.96. The van der Waals surface area contributed by atoms with E-state index in [1.807, 2.05) is 72.6 Å². The molecule has 0 bridgehead atoms. The molecule has 3 nitrogen and oxygen atoms in total. The Bertz CT molecular complexity index is 647. The minimum absolute atomic E-state index is 0.637. The monoisotopic (exact) mass is 250 g/mol. The SMILES string of the molecule is CN(c1ccccc1)c1cnc(-c2ccccc2)o1. The summed E-state index contributed by atoms with van der Waals surface area (Å²) in [6, 6.07) is 19.9. The molecule has 0 aliphatic heterocycles.